The van der Waals surface area contributed by atoms with Gasteiger partial charge in [-0.2, -0.15) is 0 Å². The standard InChI is InChI=1S/C25H36N2O4/c1-25(2,3)31-24(29)27-13-11-18(20(17-27)12-14-28)7-5-8-19-9-6-10-23-22(19)15-21(30-4)16-26-23/h6,9-10,15-16,18,20,28H,5,7-8,11-14,17H2,1-4H3/t18-,20+/m1/s1. The van der Waals surface area contributed by atoms with E-state index in [9.17, 15) is 9.90 Å². The van der Waals surface area contributed by atoms with Crippen LogP contribution in [0.5, 0.6) is 5.75 Å². The molecule has 1 fully saturated rings. The van der Waals surface area contributed by atoms with Gasteiger partial charge in [0.15, 0.2) is 0 Å². The highest BCUT2D eigenvalue weighted by Gasteiger charge is 2.32. The van der Waals surface area contributed by atoms with E-state index in [1.165, 1.54) is 5.56 Å². The lowest BCUT2D eigenvalue weighted by Crippen LogP contribution is -2.46. The lowest BCUT2D eigenvalue weighted by molar-refractivity contribution is 0.00698. The largest absolute Gasteiger partial charge is 0.495 e. The van der Waals surface area contributed by atoms with E-state index in [0.29, 0.717) is 18.4 Å². The van der Waals surface area contributed by atoms with Crippen LogP contribution in [0.4, 0.5) is 4.79 Å². The van der Waals surface area contributed by atoms with Gasteiger partial charge in [-0.25, -0.2) is 4.79 Å². The maximum atomic E-state index is 12.5. The molecular formula is C25H36N2O4. The smallest absolute Gasteiger partial charge is 0.410 e. The molecule has 6 heteroatoms. The number of aliphatic hydroxyl groups is 1. The molecule has 1 aliphatic heterocycles. The fourth-order valence-corrected chi connectivity index (χ4v) is 4.52. The van der Waals surface area contributed by atoms with Gasteiger partial charge in [0.25, 0.3) is 0 Å². The van der Waals surface area contributed by atoms with Crippen molar-refractivity contribution in [2.75, 3.05) is 26.8 Å². The van der Waals surface area contributed by atoms with E-state index in [4.69, 9.17) is 9.47 Å². The quantitative estimate of drug-likeness (QED) is 0.684. The van der Waals surface area contributed by atoms with Gasteiger partial charge < -0.3 is 19.5 Å². The van der Waals surface area contributed by atoms with Crippen LogP contribution in [0.25, 0.3) is 10.9 Å². The van der Waals surface area contributed by atoms with Crippen LogP contribution >= 0.6 is 0 Å². The van der Waals surface area contributed by atoms with E-state index in [0.717, 1.165) is 55.3 Å². The van der Waals surface area contributed by atoms with Gasteiger partial charge in [0.2, 0.25) is 0 Å². The maximum Gasteiger partial charge on any atom is 0.410 e. The summed E-state index contributed by atoms with van der Waals surface area (Å²) in [5, 5.41) is 10.7. The molecule has 1 aromatic heterocycles. The molecule has 1 saturated heterocycles. The highest BCUT2D eigenvalue weighted by atomic mass is 16.6. The molecule has 0 aliphatic carbocycles. The molecule has 0 saturated carbocycles. The summed E-state index contributed by atoms with van der Waals surface area (Å²) in [5.74, 6) is 1.59. The van der Waals surface area contributed by atoms with Crippen molar-refractivity contribution in [2.24, 2.45) is 11.8 Å². The third-order valence-electron chi connectivity index (χ3n) is 6.09. The Morgan fingerprint density at radius 1 is 1.26 bits per heavy atom. The predicted molar refractivity (Wildman–Crippen MR) is 122 cm³/mol. The second-order valence-electron chi connectivity index (χ2n) is 9.50. The highest BCUT2D eigenvalue weighted by molar-refractivity contribution is 5.83. The number of piperidine rings is 1. The maximum absolute atomic E-state index is 12.5. The summed E-state index contributed by atoms with van der Waals surface area (Å²) in [6, 6.07) is 8.32. The number of hydrogen-bond donors (Lipinski definition) is 1. The predicted octanol–water partition coefficient (Wildman–Crippen LogP) is 4.82. The lowest BCUT2D eigenvalue weighted by atomic mass is 9.80. The summed E-state index contributed by atoms with van der Waals surface area (Å²) in [7, 11) is 1.66. The number of aromatic nitrogens is 1. The monoisotopic (exact) mass is 428 g/mol. The molecule has 1 aliphatic rings. The molecule has 0 spiro atoms. The van der Waals surface area contributed by atoms with Crippen molar-refractivity contribution in [1.82, 2.24) is 9.88 Å². The van der Waals surface area contributed by atoms with Gasteiger partial charge in [-0.1, -0.05) is 12.1 Å². The number of aliphatic hydroxyl groups excluding tert-OH is 1. The van der Waals surface area contributed by atoms with Gasteiger partial charge in [-0.3, -0.25) is 4.98 Å². The molecule has 1 N–H and O–H groups in total. The molecule has 0 unspecified atom stereocenters. The van der Waals surface area contributed by atoms with E-state index < -0.39 is 5.60 Å². The second-order valence-corrected chi connectivity index (χ2v) is 9.50. The van der Waals surface area contributed by atoms with Gasteiger partial charge in [-0.15, -0.1) is 0 Å². The number of carbonyl (C=O) groups is 1. The van der Waals surface area contributed by atoms with Crippen LogP contribution in [-0.2, 0) is 11.2 Å². The van der Waals surface area contributed by atoms with E-state index >= 15 is 0 Å². The lowest BCUT2D eigenvalue weighted by Gasteiger charge is -2.39. The van der Waals surface area contributed by atoms with Crippen molar-refractivity contribution in [2.45, 2.75) is 58.5 Å². The Morgan fingerprint density at radius 2 is 2.06 bits per heavy atom. The number of aryl methyl sites for hydroxylation is 1. The molecule has 1 amide bonds. The van der Waals surface area contributed by atoms with Gasteiger partial charge >= 0.3 is 6.09 Å². The summed E-state index contributed by atoms with van der Waals surface area (Å²) in [4.78, 5) is 18.8. The number of methoxy groups -OCH3 is 1. The normalized spacial score (nSPS) is 19.5. The van der Waals surface area contributed by atoms with Crippen LogP contribution < -0.4 is 4.74 Å². The molecule has 2 aromatic rings. The van der Waals surface area contributed by atoms with E-state index in [1.807, 2.05) is 31.7 Å². The van der Waals surface area contributed by atoms with Crippen molar-refractivity contribution in [3.63, 3.8) is 0 Å². The van der Waals surface area contributed by atoms with E-state index in [-0.39, 0.29) is 12.7 Å². The van der Waals surface area contributed by atoms with Gasteiger partial charge in [0.05, 0.1) is 18.8 Å². The van der Waals surface area contributed by atoms with Gasteiger partial charge in [0, 0.05) is 25.1 Å². The summed E-state index contributed by atoms with van der Waals surface area (Å²) in [6.07, 6.45) is 6.31. The summed E-state index contributed by atoms with van der Waals surface area (Å²) in [6.45, 7) is 7.20. The number of likely N-dealkylation sites (tertiary alicyclic amines) is 1. The number of amides is 1. The molecular weight excluding hydrogens is 392 g/mol. The molecule has 170 valence electrons. The minimum absolute atomic E-state index is 0.151. The molecule has 2 heterocycles. The molecule has 0 bridgehead atoms. The Balaban J connectivity index is 1.60. The topological polar surface area (TPSA) is 71.9 Å². The second kappa shape index (κ2) is 10.3. The fraction of sp³-hybridized carbons (Fsp3) is 0.600. The van der Waals surface area contributed by atoms with Gasteiger partial charge in [-0.05, 0) is 82.4 Å². The Kier molecular flexibility index (Phi) is 7.76. The zero-order valence-electron chi connectivity index (χ0n) is 19.3. The van der Waals surface area contributed by atoms with Crippen molar-refractivity contribution in [3.05, 3.63) is 36.0 Å². The van der Waals surface area contributed by atoms with Crippen LogP contribution in [0.2, 0.25) is 0 Å². The number of ether oxygens (including phenoxy) is 2. The SMILES string of the molecule is COc1cnc2cccc(CCC[C@@H]3CCN(C(=O)OC(C)(C)C)C[C@@H]3CCO)c2c1. The fourth-order valence-electron chi connectivity index (χ4n) is 4.52. The zero-order chi connectivity index (χ0) is 22.4. The molecule has 6 nitrogen and oxygen atoms in total. The Morgan fingerprint density at radius 3 is 2.77 bits per heavy atom. The van der Waals surface area contributed by atoms with E-state index in [2.05, 4.69) is 23.2 Å². The number of rotatable bonds is 7. The number of nitrogens with zero attached hydrogens (tertiary/aromatic N) is 2. The highest BCUT2D eigenvalue weighted by Crippen LogP contribution is 2.32. The van der Waals surface area contributed by atoms with Crippen molar-refractivity contribution in [3.8, 4) is 5.75 Å². The third-order valence-corrected chi connectivity index (χ3v) is 6.09. The first-order valence-electron chi connectivity index (χ1n) is 11.3. The minimum Gasteiger partial charge on any atom is -0.495 e. The van der Waals surface area contributed by atoms with Gasteiger partial charge in [0.1, 0.15) is 11.4 Å². The first kappa shape index (κ1) is 23.3. The van der Waals surface area contributed by atoms with Crippen LogP contribution in [0, 0.1) is 11.8 Å². The average Bonchev–Trinajstić information content (AvgIpc) is 2.73. The molecule has 1 aromatic carbocycles. The third kappa shape index (κ3) is 6.33. The number of fused-ring (bicyclic) bond motifs is 1. The minimum atomic E-state index is -0.490. The number of pyridine rings is 1. The Hall–Kier alpha value is -2.34. The number of carbonyl (C=O) groups excluding carboxylic acids is 1. The molecule has 2 atom stereocenters. The first-order chi connectivity index (χ1) is 14.8. The van der Waals surface area contributed by atoms with E-state index in [1.54, 1.807) is 13.3 Å². The number of hydrogen-bond acceptors (Lipinski definition) is 5. The molecule has 31 heavy (non-hydrogen) atoms. The van der Waals surface area contributed by atoms with Crippen molar-refractivity contribution in [1.29, 1.82) is 0 Å². The summed E-state index contributed by atoms with van der Waals surface area (Å²) >= 11 is 0. The molecule has 3 rings (SSSR count). The van der Waals surface area contributed by atoms with Crippen molar-refractivity contribution >= 4 is 17.0 Å². The van der Waals surface area contributed by atoms with Crippen molar-refractivity contribution < 1.29 is 19.4 Å². The van der Waals surface area contributed by atoms with Crippen LogP contribution in [0.1, 0.15) is 52.0 Å². The summed E-state index contributed by atoms with van der Waals surface area (Å²) < 4.78 is 10.9. The van der Waals surface area contributed by atoms with Crippen LogP contribution in [0.3, 0.4) is 0 Å². The van der Waals surface area contributed by atoms with Crippen LogP contribution in [-0.4, -0.2) is 53.5 Å². The Bertz CT molecular complexity index is 877. The first-order valence-corrected chi connectivity index (χ1v) is 11.3. The average molecular weight is 429 g/mol. The number of benzene rings is 1. The Labute approximate surface area is 185 Å². The van der Waals surface area contributed by atoms with Crippen LogP contribution in [0.15, 0.2) is 30.5 Å². The zero-order valence-corrected chi connectivity index (χ0v) is 19.3. The molecule has 0 radical (unpaired) electrons. The summed E-state index contributed by atoms with van der Waals surface area (Å²) in [5.41, 5.74) is 1.78.